The Morgan fingerprint density at radius 2 is 1.95 bits per heavy atom. The van der Waals surface area contributed by atoms with Crippen LogP contribution in [0.3, 0.4) is 0 Å². The van der Waals surface area contributed by atoms with E-state index in [1.165, 1.54) is 30.2 Å². The largest absolute Gasteiger partial charge is 0.481 e. The van der Waals surface area contributed by atoms with E-state index in [2.05, 4.69) is 4.74 Å². The Balaban J connectivity index is 2.63. The summed E-state index contributed by atoms with van der Waals surface area (Å²) >= 11 is 0. The summed E-state index contributed by atoms with van der Waals surface area (Å²) in [7, 11) is 1.25. The number of nitrogens with zero attached hydrogens (tertiary/aromatic N) is 1. The predicted molar refractivity (Wildman–Crippen MR) is 70.8 cm³/mol. The lowest BCUT2D eigenvalue weighted by Gasteiger charge is -2.25. The Labute approximate surface area is 117 Å². The van der Waals surface area contributed by atoms with Crippen molar-refractivity contribution < 1.29 is 23.5 Å². The van der Waals surface area contributed by atoms with Gasteiger partial charge in [0.15, 0.2) is 18.2 Å². The number of para-hydroxylation sites is 1. The summed E-state index contributed by atoms with van der Waals surface area (Å²) < 4.78 is 23.0. The Bertz CT molecular complexity index is 476. The molecule has 110 valence electrons. The molecule has 6 heteroatoms. The first-order chi connectivity index (χ1) is 9.45. The molecule has 0 saturated carbocycles. The van der Waals surface area contributed by atoms with E-state index in [0.717, 1.165) is 0 Å². The van der Waals surface area contributed by atoms with Crippen molar-refractivity contribution in [3.05, 3.63) is 30.1 Å². The standard InChI is InChI=1S/C14H18FNO4/c1-10(2)16(8-14(18)19-3)13(17)9-20-12-7-5-4-6-11(12)15/h4-7,10H,8-9H2,1-3H3. The number of benzene rings is 1. The molecular weight excluding hydrogens is 265 g/mol. The van der Waals surface area contributed by atoms with Crippen molar-refractivity contribution in [2.24, 2.45) is 0 Å². The zero-order valence-electron chi connectivity index (χ0n) is 11.8. The molecule has 0 aliphatic rings. The Morgan fingerprint density at radius 1 is 1.30 bits per heavy atom. The predicted octanol–water partition coefficient (Wildman–Crippen LogP) is 1.61. The van der Waals surface area contributed by atoms with Gasteiger partial charge in [0, 0.05) is 6.04 Å². The minimum atomic E-state index is -0.538. The highest BCUT2D eigenvalue weighted by atomic mass is 19.1. The Kier molecular flexibility index (Phi) is 5.96. The molecular formula is C14H18FNO4. The normalized spacial score (nSPS) is 10.2. The van der Waals surface area contributed by atoms with Crippen molar-refractivity contribution in [2.45, 2.75) is 19.9 Å². The minimum Gasteiger partial charge on any atom is -0.481 e. The molecule has 1 rings (SSSR count). The molecule has 1 aromatic carbocycles. The lowest BCUT2D eigenvalue weighted by molar-refractivity contribution is -0.149. The lowest BCUT2D eigenvalue weighted by atomic mass is 10.3. The number of carbonyl (C=O) groups excluding carboxylic acids is 2. The highest BCUT2D eigenvalue weighted by Crippen LogP contribution is 2.15. The van der Waals surface area contributed by atoms with Crippen molar-refractivity contribution in [1.29, 1.82) is 0 Å². The van der Waals surface area contributed by atoms with Crippen LogP contribution in [0.2, 0.25) is 0 Å². The van der Waals surface area contributed by atoms with Gasteiger partial charge >= 0.3 is 5.97 Å². The summed E-state index contributed by atoms with van der Waals surface area (Å²) in [6.45, 7) is 3.04. The number of rotatable bonds is 6. The van der Waals surface area contributed by atoms with Gasteiger partial charge in [-0.25, -0.2) is 4.39 Å². The first-order valence-corrected chi connectivity index (χ1v) is 6.19. The van der Waals surface area contributed by atoms with Crippen molar-refractivity contribution in [3.63, 3.8) is 0 Å². The van der Waals surface area contributed by atoms with E-state index >= 15 is 0 Å². The average molecular weight is 283 g/mol. The second-order valence-corrected chi connectivity index (χ2v) is 4.41. The van der Waals surface area contributed by atoms with E-state index in [1.807, 2.05) is 0 Å². The number of hydrogen-bond donors (Lipinski definition) is 0. The van der Waals surface area contributed by atoms with Gasteiger partial charge in [0.1, 0.15) is 6.54 Å². The monoisotopic (exact) mass is 283 g/mol. The molecule has 5 nitrogen and oxygen atoms in total. The number of halogens is 1. The maximum absolute atomic E-state index is 13.3. The smallest absolute Gasteiger partial charge is 0.325 e. The van der Waals surface area contributed by atoms with Crippen LogP contribution in [-0.4, -0.2) is 43.1 Å². The quantitative estimate of drug-likeness (QED) is 0.744. The molecule has 0 radical (unpaired) electrons. The average Bonchev–Trinajstić information content (AvgIpc) is 2.42. The van der Waals surface area contributed by atoms with Crippen molar-refractivity contribution in [1.82, 2.24) is 4.90 Å². The Morgan fingerprint density at radius 3 is 2.50 bits per heavy atom. The Hall–Kier alpha value is -2.11. The van der Waals surface area contributed by atoms with Gasteiger partial charge in [-0.15, -0.1) is 0 Å². The van der Waals surface area contributed by atoms with E-state index in [9.17, 15) is 14.0 Å². The summed E-state index contributed by atoms with van der Waals surface area (Å²) in [6, 6.07) is 5.63. The molecule has 0 aliphatic carbocycles. The van der Waals surface area contributed by atoms with E-state index in [0.29, 0.717) is 0 Å². The highest BCUT2D eigenvalue weighted by Gasteiger charge is 2.21. The fraction of sp³-hybridized carbons (Fsp3) is 0.429. The summed E-state index contributed by atoms with van der Waals surface area (Å²) in [6.07, 6.45) is 0. The molecule has 0 fully saturated rings. The summed E-state index contributed by atoms with van der Waals surface area (Å²) in [5, 5.41) is 0. The molecule has 0 aromatic heterocycles. The lowest BCUT2D eigenvalue weighted by Crippen LogP contribution is -2.43. The van der Waals surface area contributed by atoms with Gasteiger partial charge in [-0.05, 0) is 26.0 Å². The van der Waals surface area contributed by atoms with Gasteiger partial charge in [-0.1, -0.05) is 12.1 Å². The second-order valence-electron chi connectivity index (χ2n) is 4.41. The number of carbonyl (C=O) groups is 2. The number of hydrogen-bond acceptors (Lipinski definition) is 4. The fourth-order valence-corrected chi connectivity index (χ4v) is 1.55. The van der Waals surface area contributed by atoms with E-state index in [1.54, 1.807) is 19.9 Å². The van der Waals surface area contributed by atoms with Gasteiger partial charge in [0.25, 0.3) is 5.91 Å². The van der Waals surface area contributed by atoms with Crippen LogP contribution in [-0.2, 0) is 14.3 Å². The van der Waals surface area contributed by atoms with E-state index < -0.39 is 17.7 Å². The third-order valence-electron chi connectivity index (χ3n) is 2.66. The van der Waals surface area contributed by atoms with Crippen LogP contribution in [0.15, 0.2) is 24.3 Å². The number of esters is 1. The number of amides is 1. The molecule has 0 unspecified atom stereocenters. The van der Waals surface area contributed by atoms with Crippen LogP contribution in [0, 0.1) is 5.82 Å². The van der Waals surface area contributed by atoms with Crippen molar-refractivity contribution >= 4 is 11.9 Å². The first-order valence-electron chi connectivity index (χ1n) is 6.19. The molecule has 0 spiro atoms. The topological polar surface area (TPSA) is 55.8 Å². The van der Waals surface area contributed by atoms with Crippen LogP contribution in [0.4, 0.5) is 4.39 Å². The van der Waals surface area contributed by atoms with Gasteiger partial charge in [0.2, 0.25) is 0 Å². The zero-order chi connectivity index (χ0) is 15.1. The van der Waals surface area contributed by atoms with Crippen molar-refractivity contribution in [2.75, 3.05) is 20.3 Å². The second kappa shape index (κ2) is 7.47. The highest BCUT2D eigenvalue weighted by molar-refractivity contribution is 5.83. The minimum absolute atomic E-state index is 0.00243. The van der Waals surface area contributed by atoms with Crippen LogP contribution >= 0.6 is 0 Å². The molecule has 0 aliphatic heterocycles. The third kappa shape index (κ3) is 4.53. The van der Waals surface area contributed by atoms with E-state index in [4.69, 9.17) is 4.74 Å². The van der Waals surface area contributed by atoms with Crippen molar-refractivity contribution in [3.8, 4) is 5.75 Å². The molecule has 0 bridgehead atoms. The van der Waals surface area contributed by atoms with Gasteiger partial charge < -0.3 is 14.4 Å². The molecule has 20 heavy (non-hydrogen) atoms. The zero-order valence-corrected chi connectivity index (χ0v) is 11.8. The maximum Gasteiger partial charge on any atom is 0.325 e. The molecule has 0 heterocycles. The first kappa shape index (κ1) is 15.9. The fourth-order valence-electron chi connectivity index (χ4n) is 1.55. The SMILES string of the molecule is COC(=O)CN(C(=O)COc1ccccc1F)C(C)C. The number of methoxy groups -OCH3 is 1. The van der Waals surface area contributed by atoms with Crippen LogP contribution in [0.25, 0.3) is 0 Å². The summed E-state index contributed by atoms with van der Waals surface area (Å²) in [5.41, 5.74) is 0. The molecule has 0 atom stereocenters. The molecule has 1 amide bonds. The van der Waals surface area contributed by atoms with Gasteiger partial charge in [-0.3, -0.25) is 9.59 Å². The summed E-state index contributed by atoms with van der Waals surface area (Å²) in [5.74, 6) is -1.46. The molecule has 0 N–H and O–H groups in total. The van der Waals surface area contributed by atoms with Gasteiger partial charge in [-0.2, -0.15) is 0 Å². The third-order valence-corrected chi connectivity index (χ3v) is 2.66. The number of ether oxygens (including phenoxy) is 2. The van der Waals surface area contributed by atoms with Gasteiger partial charge in [0.05, 0.1) is 7.11 Å². The van der Waals surface area contributed by atoms with E-state index in [-0.39, 0.29) is 24.9 Å². The maximum atomic E-state index is 13.3. The van der Waals surface area contributed by atoms with Crippen LogP contribution in [0.1, 0.15) is 13.8 Å². The summed E-state index contributed by atoms with van der Waals surface area (Å²) in [4.78, 5) is 24.5. The van der Waals surface area contributed by atoms with Crippen LogP contribution < -0.4 is 4.74 Å². The van der Waals surface area contributed by atoms with Crippen LogP contribution in [0.5, 0.6) is 5.75 Å². The molecule has 1 aromatic rings. The molecule has 0 saturated heterocycles.